The van der Waals surface area contributed by atoms with Crippen molar-refractivity contribution in [2.24, 2.45) is 0 Å². The predicted molar refractivity (Wildman–Crippen MR) is 63.0 cm³/mol. The van der Waals surface area contributed by atoms with E-state index in [0.717, 1.165) is 5.69 Å². The van der Waals surface area contributed by atoms with Crippen LogP contribution in [0.5, 0.6) is 0 Å². The molecule has 1 aromatic rings. The van der Waals surface area contributed by atoms with E-state index in [0.29, 0.717) is 0 Å². The smallest absolute Gasteiger partial charge is 0.0316 e. The molecular weight excluding hydrogens is 158 g/mol. The zero-order chi connectivity index (χ0) is 10.9. The first kappa shape index (κ1) is 14.5. The topological polar surface area (TPSA) is 26.0 Å². The van der Waals surface area contributed by atoms with Gasteiger partial charge in [0.05, 0.1) is 0 Å². The van der Waals surface area contributed by atoms with Gasteiger partial charge in [0.1, 0.15) is 0 Å². The SMILES string of the molecule is CC.CC.Cc1ccc(N)cc1C. The van der Waals surface area contributed by atoms with Crippen molar-refractivity contribution in [2.45, 2.75) is 41.5 Å². The van der Waals surface area contributed by atoms with E-state index in [-0.39, 0.29) is 0 Å². The maximum atomic E-state index is 5.53. The van der Waals surface area contributed by atoms with E-state index in [9.17, 15) is 0 Å². The van der Waals surface area contributed by atoms with Gasteiger partial charge in [-0.05, 0) is 37.1 Å². The number of nitrogens with two attached hydrogens (primary N) is 1. The van der Waals surface area contributed by atoms with Crippen LogP contribution in [0.15, 0.2) is 18.2 Å². The van der Waals surface area contributed by atoms with Crippen LogP contribution in [-0.2, 0) is 0 Å². The van der Waals surface area contributed by atoms with Crippen molar-refractivity contribution >= 4 is 5.69 Å². The molecule has 76 valence electrons. The number of hydrogen-bond donors (Lipinski definition) is 1. The first-order valence-electron chi connectivity index (χ1n) is 5.03. The lowest BCUT2D eigenvalue weighted by molar-refractivity contribution is 1.34. The van der Waals surface area contributed by atoms with Gasteiger partial charge in [0, 0.05) is 5.69 Å². The van der Waals surface area contributed by atoms with Crippen LogP contribution in [0.1, 0.15) is 38.8 Å². The Balaban J connectivity index is 0. The molecule has 2 N–H and O–H groups in total. The normalized spacial score (nSPS) is 7.54. The molecule has 13 heavy (non-hydrogen) atoms. The maximum Gasteiger partial charge on any atom is 0.0316 e. The fourth-order valence-corrected chi connectivity index (χ4v) is 0.765. The molecule has 0 heterocycles. The zero-order valence-corrected chi connectivity index (χ0v) is 9.81. The Morgan fingerprint density at radius 2 is 1.31 bits per heavy atom. The summed E-state index contributed by atoms with van der Waals surface area (Å²) in [6.07, 6.45) is 0. The predicted octanol–water partition coefficient (Wildman–Crippen LogP) is 3.94. The number of anilines is 1. The quantitative estimate of drug-likeness (QED) is 0.603. The Bertz CT molecular complexity index is 216. The average Bonchev–Trinajstić information content (AvgIpc) is 2.18. The third-order valence-electron chi connectivity index (χ3n) is 1.53. The Kier molecular flexibility index (Phi) is 10.2. The van der Waals surface area contributed by atoms with E-state index in [1.54, 1.807) is 0 Å². The molecule has 0 atom stereocenters. The Labute approximate surface area is 83.0 Å². The van der Waals surface area contributed by atoms with E-state index in [1.165, 1.54) is 11.1 Å². The highest BCUT2D eigenvalue weighted by atomic mass is 14.5. The summed E-state index contributed by atoms with van der Waals surface area (Å²) in [5.74, 6) is 0. The van der Waals surface area contributed by atoms with E-state index >= 15 is 0 Å². The molecule has 0 saturated carbocycles. The summed E-state index contributed by atoms with van der Waals surface area (Å²) >= 11 is 0. The minimum atomic E-state index is 0.845. The third-order valence-corrected chi connectivity index (χ3v) is 1.53. The maximum absolute atomic E-state index is 5.53. The molecule has 1 aromatic carbocycles. The van der Waals surface area contributed by atoms with Gasteiger partial charge in [-0.3, -0.25) is 0 Å². The van der Waals surface area contributed by atoms with Crippen LogP contribution in [0.2, 0.25) is 0 Å². The van der Waals surface area contributed by atoms with Crippen molar-refractivity contribution in [1.82, 2.24) is 0 Å². The van der Waals surface area contributed by atoms with Crippen LogP contribution in [0, 0.1) is 13.8 Å². The lowest BCUT2D eigenvalue weighted by Crippen LogP contribution is -1.86. The first-order valence-corrected chi connectivity index (χ1v) is 5.03. The van der Waals surface area contributed by atoms with Gasteiger partial charge in [0.15, 0.2) is 0 Å². The molecule has 0 aromatic heterocycles. The minimum absolute atomic E-state index is 0.845. The van der Waals surface area contributed by atoms with E-state index in [1.807, 2.05) is 45.9 Å². The molecule has 0 saturated heterocycles. The third kappa shape index (κ3) is 6.21. The van der Waals surface area contributed by atoms with Crippen LogP contribution in [-0.4, -0.2) is 0 Å². The summed E-state index contributed by atoms with van der Waals surface area (Å²) < 4.78 is 0. The summed E-state index contributed by atoms with van der Waals surface area (Å²) in [5.41, 5.74) is 8.93. The van der Waals surface area contributed by atoms with Crippen molar-refractivity contribution in [3.8, 4) is 0 Å². The molecule has 0 spiro atoms. The molecule has 1 nitrogen and oxygen atoms in total. The lowest BCUT2D eigenvalue weighted by Gasteiger charge is -1.98. The summed E-state index contributed by atoms with van der Waals surface area (Å²) in [5, 5.41) is 0. The van der Waals surface area contributed by atoms with Gasteiger partial charge in [-0.25, -0.2) is 0 Å². The van der Waals surface area contributed by atoms with Gasteiger partial charge >= 0.3 is 0 Å². The molecule has 1 heteroatoms. The van der Waals surface area contributed by atoms with Crippen LogP contribution in [0.4, 0.5) is 5.69 Å². The molecule has 0 unspecified atom stereocenters. The molecule has 1 rings (SSSR count). The molecular formula is C12H23N. The number of hydrogen-bond acceptors (Lipinski definition) is 1. The van der Waals surface area contributed by atoms with Gasteiger partial charge in [0.2, 0.25) is 0 Å². The highest BCUT2D eigenvalue weighted by Gasteiger charge is 1.89. The van der Waals surface area contributed by atoms with Gasteiger partial charge in [-0.15, -0.1) is 0 Å². The van der Waals surface area contributed by atoms with Gasteiger partial charge in [-0.1, -0.05) is 33.8 Å². The molecule has 0 aliphatic heterocycles. The van der Waals surface area contributed by atoms with E-state index in [2.05, 4.69) is 13.8 Å². The highest BCUT2D eigenvalue weighted by molar-refractivity contribution is 5.43. The lowest BCUT2D eigenvalue weighted by atomic mass is 10.1. The number of nitrogen functional groups attached to an aromatic ring is 1. The summed E-state index contributed by atoms with van der Waals surface area (Å²) in [6, 6.07) is 5.93. The fraction of sp³-hybridized carbons (Fsp3) is 0.500. The van der Waals surface area contributed by atoms with Gasteiger partial charge in [0.25, 0.3) is 0 Å². The molecule has 0 bridgehead atoms. The molecule has 0 amide bonds. The average molecular weight is 181 g/mol. The van der Waals surface area contributed by atoms with Crippen LogP contribution >= 0.6 is 0 Å². The van der Waals surface area contributed by atoms with Crippen LogP contribution < -0.4 is 5.73 Å². The van der Waals surface area contributed by atoms with E-state index < -0.39 is 0 Å². The molecule has 0 aliphatic carbocycles. The van der Waals surface area contributed by atoms with Gasteiger partial charge < -0.3 is 5.73 Å². The summed E-state index contributed by atoms with van der Waals surface area (Å²) in [7, 11) is 0. The first-order chi connectivity index (χ1) is 6.20. The summed E-state index contributed by atoms with van der Waals surface area (Å²) in [6.45, 7) is 12.1. The number of benzene rings is 1. The molecule has 0 fully saturated rings. The second-order valence-electron chi connectivity index (χ2n) is 2.34. The second-order valence-corrected chi connectivity index (χ2v) is 2.34. The van der Waals surface area contributed by atoms with E-state index in [4.69, 9.17) is 5.73 Å². The Morgan fingerprint density at radius 3 is 1.62 bits per heavy atom. The Hall–Kier alpha value is -0.980. The molecule has 0 aliphatic rings. The minimum Gasteiger partial charge on any atom is -0.399 e. The largest absolute Gasteiger partial charge is 0.399 e. The van der Waals surface area contributed by atoms with Crippen molar-refractivity contribution in [1.29, 1.82) is 0 Å². The number of aryl methyl sites for hydroxylation is 2. The van der Waals surface area contributed by atoms with Crippen LogP contribution in [0.25, 0.3) is 0 Å². The standard InChI is InChI=1S/C8H11N.2C2H6/c1-6-3-4-8(9)5-7(6)2;2*1-2/h3-5H,9H2,1-2H3;2*1-2H3. The van der Waals surface area contributed by atoms with Crippen molar-refractivity contribution < 1.29 is 0 Å². The highest BCUT2D eigenvalue weighted by Crippen LogP contribution is 2.09. The molecule has 0 radical (unpaired) electrons. The fourth-order valence-electron chi connectivity index (χ4n) is 0.765. The van der Waals surface area contributed by atoms with Crippen molar-refractivity contribution in [3.05, 3.63) is 29.3 Å². The van der Waals surface area contributed by atoms with Crippen molar-refractivity contribution in [2.75, 3.05) is 5.73 Å². The number of rotatable bonds is 0. The van der Waals surface area contributed by atoms with Crippen LogP contribution in [0.3, 0.4) is 0 Å². The van der Waals surface area contributed by atoms with Crippen molar-refractivity contribution in [3.63, 3.8) is 0 Å². The Morgan fingerprint density at radius 1 is 0.846 bits per heavy atom. The summed E-state index contributed by atoms with van der Waals surface area (Å²) in [4.78, 5) is 0. The van der Waals surface area contributed by atoms with Gasteiger partial charge in [-0.2, -0.15) is 0 Å². The second kappa shape index (κ2) is 9.11. The monoisotopic (exact) mass is 181 g/mol. The zero-order valence-electron chi connectivity index (χ0n) is 9.81.